The maximum Gasteiger partial charge on any atom is 0.0780 e. The molecule has 0 aliphatic rings. The standard InChI is InChI=1S/C14H31NS.BrH/c1-15(2,3)13-11-9-7-5-4-6-8-10-12-14-16;/h4-14H2,1-3H3;1H. The van der Waals surface area contributed by atoms with E-state index in [9.17, 15) is 0 Å². The molecule has 0 aromatic rings. The van der Waals surface area contributed by atoms with Crippen LogP contribution in [0.1, 0.15) is 57.8 Å². The van der Waals surface area contributed by atoms with Crippen LogP contribution in [0.2, 0.25) is 0 Å². The fraction of sp³-hybridized carbons (Fsp3) is 1.00. The molecular formula is C14H32BrNS. The molecule has 0 aromatic carbocycles. The summed E-state index contributed by atoms with van der Waals surface area (Å²) >= 11 is 4.93. The topological polar surface area (TPSA) is 0 Å². The van der Waals surface area contributed by atoms with Crippen LogP contribution in [0.3, 0.4) is 0 Å². The monoisotopic (exact) mass is 325 g/mol. The van der Waals surface area contributed by atoms with E-state index in [1.54, 1.807) is 0 Å². The Hall–Kier alpha value is 0.790. The Balaban J connectivity index is 0. The van der Waals surface area contributed by atoms with E-state index in [0.717, 1.165) is 10.2 Å². The third kappa shape index (κ3) is 19.3. The van der Waals surface area contributed by atoms with Gasteiger partial charge in [-0.15, -0.1) is 17.0 Å². The van der Waals surface area contributed by atoms with Gasteiger partial charge in [0.15, 0.2) is 0 Å². The van der Waals surface area contributed by atoms with Crippen LogP contribution in [0.25, 0.3) is 0 Å². The molecular weight excluding hydrogens is 294 g/mol. The first kappa shape index (κ1) is 20.1. The van der Waals surface area contributed by atoms with Gasteiger partial charge in [0.25, 0.3) is 0 Å². The lowest BCUT2D eigenvalue weighted by Gasteiger charge is -2.23. The van der Waals surface area contributed by atoms with Gasteiger partial charge in [-0.05, 0) is 12.8 Å². The van der Waals surface area contributed by atoms with Gasteiger partial charge in [-0.25, -0.2) is 0 Å². The summed E-state index contributed by atoms with van der Waals surface area (Å²) < 4.78 is 1.11. The molecule has 3 heteroatoms. The Morgan fingerprint density at radius 2 is 1.00 bits per heavy atom. The molecule has 0 heterocycles. The molecule has 0 aliphatic carbocycles. The van der Waals surface area contributed by atoms with Gasteiger partial charge >= 0.3 is 0 Å². The van der Waals surface area contributed by atoms with Crippen molar-refractivity contribution in [2.45, 2.75) is 57.8 Å². The van der Waals surface area contributed by atoms with Crippen molar-refractivity contribution in [1.29, 1.82) is 0 Å². The van der Waals surface area contributed by atoms with E-state index < -0.39 is 0 Å². The second-order valence-corrected chi connectivity index (χ2v) is 6.31. The molecule has 106 valence electrons. The van der Waals surface area contributed by atoms with Crippen LogP contribution in [-0.4, -0.2) is 37.9 Å². The molecule has 0 N–H and O–H groups in total. The molecule has 0 aromatic heterocycles. The average Bonchev–Trinajstić information content (AvgIpc) is 2.19. The van der Waals surface area contributed by atoms with Crippen molar-refractivity contribution in [3.8, 4) is 0 Å². The molecule has 0 saturated heterocycles. The minimum atomic E-state index is 0. The average molecular weight is 326 g/mol. The van der Waals surface area contributed by atoms with Gasteiger partial charge in [0.1, 0.15) is 0 Å². The van der Waals surface area contributed by atoms with Crippen molar-refractivity contribution >= 4 is 29.6 Å². The summed E-state index contributed by atoms with van der Waals surface area (Å²) in [5, 5.41) is 0. The van der Waals surface area contributed by atoms with E-state index >= 15 is 0 Å². The lowest BCUT2D eigenvalue weighted by atomic mass is 10.1. The van der Waals surface area contributed by atoms with E-state index in [1.165, 1.54) is 64.3 Å². The molecule has 0 fully saturated rings. The van der Waals surface area contributed by atoms with Crippen molar-refractivity contribution in [3.63, 3.8) is 0 Å². The van der Waals surface area contributed by atoms with Gasteiger partial charge in [0.2, 0.25) is 0 Å². The van der Waals surface area contributed by atoms with Crippen molar-refractivity contribution < 1.29 is 4.48 Å². The van der Waals surface area contributed by atoms with Crippen LogP contribution in [0.4, 0.5) is 0 Å². The maximum absolute atomic E-state index is 4.93. The molecule has 0 saturated carbocycles. The molecule has 0 amide bonds. The van der Waals surface area contributed by atoms with E-state index in [1.807, 2.05) is 0 Å². The third-order valence-corrected chi connectivity index (χ3v) is 3.26. The van der Waals surface area contributed by atoms with Gasteiger partial charge in [0.05, 0.1) is 27.7 Å². The summed E-state index contributed by atoms with van der Waals surface area (Å²) in [6.45, 7) is 1.32. The van der Waals surface area contributed by atoms with Gasteiger partial charge in [-0.1, -0.05) is 44.9 Å². The van der Waals surface area contributed by atoms with Crippen LogP contribution in [0.15, 0.2) is 0 Å². The number of hydrogen-bond donors (Lipinski definition) is 0. The molecule has 0 bridgehead atoms. The molecule has 17 heavy (non-hydrogen) atoms. The summed E-state index contributed by atoms with van der Waals surface area (Å²) in [5.41, 5.74) is 0. The molecule has 0 unspecified atom stereocenters. The number of nitrogens with zero attached hydrogens (tertiary/aromatic N) is 1. The summed E-state index contributed by atoms with van der Waals surface area (Å²) in [5.74, 6) is 0.949. The lowest BCUT2D eigenvalue weighted by molar-refractivity contribution is -0.870. The first-order valence-electron chi connectivity index (χ1n) is 6.95. The predicted octanol–water partition coefficient (Wildman–Crippen LogP) is 4.33. The summed E-state index contributed by atoms with van der Waals surface area (Å²) in [4.78, 5) is 0. The van der Waals surface area contributed by atoms with E-state index in [4.69, 9.17) is 12.6 Å². The van der Waals surface area contributed by atoms with E-state index in [0.29, 0.717) is 0 Å². The van der Waals surface area contributed by atoms with Gasteiger partial charge in [-0.3, -0.25) is 0 Å². The summed E-state index contributed by atoms with van der Waals surface area (Å²) in [7, 11) is 6.83. The zero-order chi connectivity index (χ0) is 12.3. The van der Waals surface area contributed by atoms with E-state index in [2.05, 4.69) is 21.1 Å². The lowest BCUT2D eigenvalue weighted by Crippen LogP contribution is -2.35. The van der Waals surface area contributed by atoms with Crippen LogP contribution in [-0.2, 0) is 12.6 Å². The Morgan fingerprint density at radius 1 is 0.647 bits per heavy atom. The summed E-state index contributed by atoms with van der Waals surface area (Å²) in [6, 6.07) is 0. The Kier molecular flexibility index (Phi) is 15.7. The smallest absolute Gasteiger partial charge is 0.0780 e. The Bertz CT molecular complexity index is 146. The third-order valence-electron chi connectivity index (χ3n) is 2.97. The predicted molar refractivity (Wildman–Crippen MR) is 87.0 cm³/mol. The highest BCUT2D eigenvalue weighted by atomic mass is 79.9. The largest absolute Gasteiger partial charge is 0.793 e. The van der Waals surface area contributed by atoms with Crippen LogP contribution < -0.4 is 0 Å². The SMILES string of the molecule is Br.C[N+](C)(C)CCCCCCCCCCC[S-]. The van der Waals surface area contributed by atoms with Crippen molar-refractivity contribution in [3.05, 3.63) is 0 Å². The fourth-order valence-electron chi connectivity index (χ4n) is 1.93. The second kappa shape index (κ2) is 13.2. The first-order chi connectivity index (χ1) is 7.56. The van der Waals surface area contributed by atoms with Crippen molar-refractivity contribution in [1.82, 2.24) is 0 Å². The highest BCUT2D eigenvalue weighted by molar-refractivity contribution is 8.93. The molecule has 0 atom stereocenters. The fourth-order valence-corrected chi connectivity index (χ4v) is 2.13. The first-order valence-corrected chi connectivity index (χ1v) is 7.52. The normalized spacial score (nSPS) is 11.3. The van der Waals surface area contributed by atoms with E-state index in [-0.39, 0.29) is 17.0 Å². The highest BCUT2D eigenvalue weighted by Crippen LogP contribution is 2.10. The van der Waals surface area contributed by atoms with Gasteiger partial charge in [-0.2, -0.15) is 5.75 Å². The quantitative estimate of drug-likeness (QED) is 0.309. The molecule has 0 radical (unpaired) electrons. The Morgan fingerprint density at radius 3 is 1.35 bits per heavy atom. The molecule has 0 rings (SSSR count). The zero-order valence-corrected chi connectivity index (χ0v) is 14.6. The van der Waals surface area contributed by atoms with Crippen LogP contribution >= 0.6 is 17.0 Å². The van der Waals surface area contributed by atoms with Crippen LogP contribution in [0.5, 0.6) is 0 Å². The molecule has 1 nitrogen and oxygen atoms in total. The van der Waals surface area contributed by atoms with Crippen molar-refractivity contribution in [2.24, 2.45) is 0 Å². The number of halogens is 1. The summed E-state index contributed by atoms with van der Waals surface area (Å²) in [6.07, 6.45) is 12.5. The maximum atomic E-state index is 4.93. The minimum absolute atomic E-state index is 0. The number of quaternary nitrogens is 1. The van der Waals surface area contributed by atoms with Crippen molar-refractivity contribution in [2.75, 3.05) is 33.4 Å². The minimum Gasteiger partial charge on any atom is -0.793 e. The van der Waals surface area contributed by atoms with Gasteiger partial charge < -0.3 is 17.1 Å². The number of hydrogen-bond acceptors (Lipinski definition) is 1. The molecule has 0 aliphatic heterocycles. The Labute approximate surface area is 125 Å². The highest BCUT2D eigenvalue weighted by Gasteiger charge is 2.04. The second-order valence-electron chi connectivity index (χ2n) is 5.90. The zero-order valence-electron chi connectivity index (χ0n) is 12.0. The van der Waals surface area contributed by atoms with Crippen LogP contribution in [0, 0.1) is 0 Å². The molecule has 0 spiro atoms. The van der Waals surface area contributed by atoms with Gasteiger partial charge in [0, 0.05) is 0 Å². The number of rotatable bonds is 11. The number of unbranched alkanes of at least 4 members (excludes halogenated alkanes) is 8.